The van der Waals surface area contributed by atoms with Gasteiger partial charge in [0.05, 0.1) is 6.61 Å². The molecule has 1 aromatic rings. The van der Waals surface area contributed by atoms with Gasteiger partial charge in [0.15, 0.2) is 0 Å². The van der Waals surface area contributed by atoms with Crippen LogP contribution in [0.1, 0.15) is 5.56 Å². The third-order valence-corrected chi connectivity index (χ3v) is 2.61. The molecule has 0 aromatic heterocycles. The molecule has 0 fully saturated rings. The average molecular weight is 292 g/mol. The molecule has 6 nitrogen and oxygen atoms in total. The van der Waals surface area contributed by atoms with E-state index in [1.54, 1.807) is 6.08 Å². The Balaban J connectivity index is 2.31. The number of carbonyl (C=O) groups excluding carboxylic acids is 1. The molecule has 0 spiro atoms. The zero-order chi connectivity index (χ0) is 15.7. The number of nitrogens with one attached hydrogen (secondary N) is 1. The standard InChI is InChI=1S/C15H20N2O4/c1-17(2)13-6-3-12(4-7-13)5-8-14(18)16-9-10-21-11-15(19)20/h3-8H,9-11H2,1-2H3,(H,16,18)(H,19,20). The monoisotopic (exact) mass is 292 g/mol. The SMILES string of the molecule is CN(C)c1ccc(C=CC(=O)NCCOCC(=O)O)cc1. The summed E-state index contributed by atoms with van der Waals surface area (Å²) < 4.78 is 4.80. The van der Waals surface area contributed by atoms with Gasteiger partial charge in [0.25, 0.3) is 0 Å². The number of benzene rings is 1. The van der Waals surface area contributed by atoms with Crippen molar-refractivity contribution < 1.29 is 19.4 Å². The number of anilines is 1. The van der Waals surface area contributed by atoms with Crippen molar-refractivity contribution in [1.29, 1.82) is 0 Å². The number of nitrogens with zero attached hydrogens (tertiary/aromatic N) is 1. The quantitative estimate of drug-likeness (QED) is 0.551. The van der Waals surface area contributed by atoms with Crippen LogP contribution in [0.3, 0.4) is 0 Å². The van der Waals surface area contributed by atoms with Gasteiger partial charge >= 0.3 is 5.97 Å². The number of amides is 1. The summed E-state index contributed by atoms with van der Waals surface area (Å²) in [5, 5.41) is 11.0. The van der Waals surface area contributed by atoms with Gasteiger partial charge in [0.1, 0.15) is 6.61 Å². The van der Waals surface area contributed by atoms with E-state index in [1.165, 1.54) is 6.08 Å². The van der Waals surface area contributed by atoms with E-state index in [0.29, 0.717) is 0 Å². The molecule has 21 heavy (non-hydrogen) atoms. The Kier molecular flexibility index (Phi) is 6.97. The van der Waals surface area contributed by atoms with Crippen LogP contribution in [-0.4, -0.2) is 50.8 Å². The van der Waals surface area contributed by atoms with Crippen molar-refractivity contribution in [2.24, 2.45) is 0 Å². The number of ether oxygens (including phenoxy) is 1. The van der Waals surface area contributed by atoms with Crippen molar-refractivity contribution in [3.8, 4) is 0 Å². The van der Waals surface area contributed by atoms with Crippen LogP contribution < -0.4 is 10.2 Å². The Morgan fingerprint density at radius 3 is 2.52 bits per heavy atom. The average Bonchev–Trinajstić information content (AvgIpc) is 2.44. The molecule has 0 heterocycles. The Morgan fingerprint density at radius 1 is 1.29 bits per heavy atom. The summed E-state index contributed by atoms with van der Waals surface area (Å²) in [6, 6.07) is 7.79. The van der Waals surface area contributed by atoms with Crippen LogP contribution in [0.5, 0.6) is 0 Å². The predicted octanol–water partition coefficient (Wildman–Crippen LogP) is 0.983. The van der Waals surface area contributed by atoms with Crippen LogP contribution in [0.15, 0.2) is 30.3 Å². The number of carboxylic acid groups (broad SMARTS) is 1. The Labute approximate surface area is 124 Å². The number of carboxylic acids is 1. The minimum atomic E-state index is -1.03. The number of hydrogen-bond acceptors (Lipinski definition) is 4. The molecule has 0 saturated heterocycles. The van der Waals surface area contributed by atoms with Gasteiger partial charge in [0.2, 0.25) is 5.91 Å². The molecule has 0 aliphatic carbocycles. The van der Waals surface area contributed by atoms with E-state index in [2.05, 4.69) is 5.32 Å². The fourth-order valence-electron chi connectivity index (χ4n) is 1.52. The lowest BCUT2D eigenvalue weighted by Gasteiger charge is -2.11. The third-order valence-electron chi connectivity index (χ3n) is 2.61. The van der Waals surface area contributed by atoms with Crippen molar-refractivity contribution in [3.05, 3.63) is 35.9 Å². The molecule has 0 saturated carbocycles. The molecular weight excluding hydrogens is 272 g/mol. The second-order valence-corrected chi connectivity index (χ2v) is 4.56. The van der Waals surface area contributed by atoms with Gasteiger partial charge < -0.3 is 20.1 Å². The van der Waals surface area contributed by atoms with E-state index in [-0.39, 0.29) is 25.7 Å². The molecule has 0 aliphatic rings. The van der Waals surface area contributed by atoms with Crippen molar-refractivity contribution >= 4 is 23.6 Å². The van der Waals surface area contributed by atoms with Gasteiger partial charge in [-0.3, -0.25) is 4.79 Å². The maximum absolute atomic E-state index is 11.5. The Bertz CT molecular complexity index is 495. The van der Waals surface area contributed by atoms with Gasteiger partial charge in [-0.2, -0.15) is 0 Å². The highest BCUT2D eigenvalue weighted by molar-refractivity contribution is 5.91. The van der Waals surface area contributed by atoms with E-state index < -0.39 is 5.97 Å². The molecular formula is C15H20N2O4. The van der Waals surface area contributed by atoms with Crippen LogP contribution in [0, 0.1) is 0 Å². The normalized spacial score (nSPS) is 10.6. The van der Waals surface area contributed by atoms with Crippen LogP contribution in [-0.2, 0) is 14.3 Å². The molecule has 0 bridgehead atoms. The predicted molar refractivity (Wildman–Crippen MR) is 81.3 cm³/mol. The van der Waals surface area contributed by atoms with Crippen LogP contribution in [0.2, 0.25) is 0 Å². The molecule has 1 rings (SSSR count). The van der Waals surface area contributed by atoms with Crippen molar-refractivity contribution in [2.45, 2.75) is 0 Å². The highest BCUT2D eigenvalue weighted by Crippen LogP contribution is 2.12. The third kappa shape index (κ3) is 7.12. The first-order chi connectivity index (χ1) is 9.99. The number of aliphatic carboxylic acids is 1. The first kappa shape index (κ1) is 16.7. The van der Waals surface area contributed by atoms with E-state index >= 15 is 0 Å². The smallest absolute Gasteiger partial charge is 0.329 e. The van der Waals surface area contributed by atoms with E-state index in [9.17, 15) is 9.59 Å². The molecule has 0 atom stereocenters. The summed E-state index contributed by atoms with van der Waals surface area (Å²) in [5.74, 6) is -1.27. The summed E-state index contributed by atoms with van der Waals surface area (Å²) in [6.45, 7) is 0.0867. The summed E-state index contributed by atoms with van der Waals surface area (Å²) in [4.78, 5) is 23.7. The zero-order valence-electron chi connectivity index (χ0n) is 12.2. The molecule has 0 radical (unpaired) electrons. The molecule has 1 aromatic carbocycles. The number of hydrogen-bond donors (Lipinski definition) is 2. The number of carbonyl (C=O) groups is 2. The van der Waals surface area contributed by atoms with Crippen LogP contribution in [0.4, 0.5) is 5.69 Å². The molecule has 0 unspecified atom stereocenters. The molecule has 1 amide bonds. The maximum atomic E-state index is 11.5. The summed E-state index contributed by atoms with van der Waals surface area (Å²) in [6.07, 6.45) is 3.15. The van der Waals surface area contributed by atoms with Gasteiger partial charge in [0, 0.05) is 32.4 Å². The van der Waals surface area contributed by atoms with Crippen LogP contribution in [0.25, 0.3) is 6.08 Å². The molecule has 2 N–H and O–H groups in total. The molecule has 0 aliphatic heterocycles. The zero-order valence-corrected chi connectivity index (χ0v) is 12.2. The van der Waals surface area contributed by atoms with Crippen molar-refractivity contribution in [1.82, 2.24) is 5.32 Å². The van der Waals surface area contributed by atoms with Gasteiger partial charge in [-0.15, -0.1) is 0 Å². The Hall–Kier alpha value is -2.34. The Morgan fingerprint density at radius 2 is 1.95 bits per heavy atom. The first-order valence-corrected chi connectivity index (χ1v) is 6.52. The lowest BCUT2D eigenvalue weighted by atomic mass is 10.2. The topological polar surface area (TPSA) is 78.9 Å². The van der Waals surface area contributed by atoms with Crippen molar-refractivity contribution in [2.75, 3.05) is 38.8 Å². The van der Waals surface area contributed by atoms with Crippen LogP contribution >= 0.6 is 0 Å². The minimum Gasteiger partial charge on any atom is -0.480 e. The largest absolute Gasteiger partial charge is 0.480 e. The molecule has 114 valence electrons. The lowest BCUT2D eigenvalue weighted by molar-refractivity contribution is -0.142. The lowest BCUT2D eigenvalue weighted by Crippen LogP contribution is -2.26. The van der Waals surface area contributed by atoms with Crippen molar-refractivity contribution in [3.63, 3.8) is 0 Å². The van der Waals surface area contributed by atoms with Gasteiger partial charge in [-0.1, -0.05) is 12.1 Å². The van der Waals surface area contributed by atoms with Gasteiger partial charge in [-0.25, -0.2) is 4.79 Å². The first-order valence-electron chi connectivity index (χ1n) is 6.52. The van der Waals surface area contributed by atoms with Gasteiger partial charge in [-0.05, 0) is 23.8 Å². The fraction of sp³-hybridized carbons (Fsp3) is 0.333. The summed E-state index contributed by atoms with van der Waals surface area (Å²) in [5.41, 5.74) is 2.02. The second kappa shape index (κ2) is 8.76. The highest BCUT2D eigenvalue weighted by atomic mass is 16.5. The summed E-state index contributed by atoms with van der Waals surface area (Å²) >= 11 is 0. The molecule has 6 heteroatoms. The van der Waals surface area contributed by atoms with E-state index in [1.807, 2.05) is 43.3 Å². The maximum Gasteiger partial charge on any atom is 0.329 e. The number of rotatable bonds is 8. The fourth-order valence-corrected chi connectivity index (χ4v) is 1.52. The van der Waals surface area contributed by atoms with E-state index in [0.717, 1.165) is 11.3 Å². The summed E-state index contributed by atoms with van der Waals surface area (Å²) in [7, 11) is 3.93. The second-order valence-electron chi connectivity index (χ2n) is 4.56. The minimum absolute atomic E-state index is 0.170. The van der Waals surface area contributed by atoms with E-state index in [4.69, 9.17) is 9.84 Å². The highest BCUT2D eigenvalue weighted by Gasteiger charge is 1.98.